The molecule has 1 aromatic carbocycles. The van der Waals surface area contributed by atoms with Crippen molar-refractivity contribution in [1.82, 2.24) is 14.9 Å². The molecule has 24 heavy (non-hydrogen) atoms. The summed E-state index contributed by atoms with van der Waals surface area (Å²) in [6, 6.07) is 8.10. The number of β-amino-alcohol motifs (C(OH)–C–C–N with tert-alkyl or cyclic N) is 1. The second-order valence-electron chi connectivity index (χ2n) is 5.48. The Morgan fingerprint density at radius 1 is 1.38 bits per heavy atom. The molecule has 0 spiro atoms. The number of ether oxygens (including phenoxy) is 1. The van der Waals surface area contributed by atoms with Gasteiger partial charge >= 0.3 is 0 Å². The van der Waals surface area contributed by atoms with Gasteiger partial charge in [0.1, 0.15) is 24.4 Å². The fourth-order valence-corrected chi connectivity index (χ4v) is 2.45. The number of aromatic nitrogens is 2. The molecule has 1 aromatic heterocycles. The van der Waals surface area contributed by atoms with Gasteiger partial charge in [0.2, 0.25) is 5.88 Å². The second kappa shape index (κ2) is 6.90. The summed E-state index contributed by atoms with van der Waals surface area (Å²) in [5.41, 5.74) is 6.50. The highest BCUT2D eigenvalue weighted by atomic mass is 19.1. The molecule has 0 radical (unpaired) electrons. The predicted molar refractivity (Wildman–Crippen MR) is 83.2 cm³/mol. The topological polar surface area (TPSA) is 102 Å². The molecule has 1 amide bonds. The van der Waals surface area contributed by atoms with Gasteiger partial charge in [0.05, 0.1) is 12.2 Å². The van der Waals surface area contributed by atoms with E-state index in [0.29, 0.717) is 22.9 Å². The summed E-state index contributed by atoms with van der Waals surface area (Å²) in [6.07, 6.45) is -1.20. The van der Waals surface area contributed by atoms with Crippen LogP contribution in [-0.4, -0.2) is 51.2 Å². The Hall–Kier alpha value is -2.58. The molecule has 0 aliphatic carbocycles. The second-order valence-corrected chi connectivity index (χ2v) is 5.48. The van der Waals surface area contributed by atoms with Gasteiger partial charge < -0.3 is 20.5 Å². The number of alkyl halides is 1. The van der Waals surface area contributed by atoms with Gasteiger partial charge in [-0.25, -0.2) is 14.4 Å². The summed E-state index contributed by atoms with van der Waals surface area (Å²) >= 11 is 0. The third-order valence-corrected chi connectivity index (χ3v) is 3.72. The molecule has 7 nitrogen and oxygen atoms in total. The van der Waals surface area contributed by atoms with Gasteiger partial charge in [-0.2, -0.15) is 0 Å². The molecule has 0 saturated carbocycles. The maximum absolute atomic E-state index is 13.4. The monoisotopic (exact) mass is 332 g/mol. The molecule has 2 atom stereocenters. The molecule has 3 N–H and O–H groups in total. The fourth-order valence-electron chi connectivity index (χ4n) is 2.45. The van der Waals surface area contributed by atoms with E-state index >= 15 is 0 Å². The van der Waals surface area contributed by atoms with Gasteiger partial charge in [-0.3, -0.25) is 4.79 Å². The molecule has 8 heteroatoms. The molecule has 1 fully saturated rings. The molecule has 0 unspecified atom stereocenters. The largest absolute Gasteiger partial charge is 0.439 e. The number of hydrogen-bond donors (Lipinski definition) is 2. The van der Waals surface area contributed by atoms with E-state index in [-0.39, 0.29) is 25.5 Å². The number of halogens is 1. The van der Waals surface area contributed by atoms with Crippen molar-refractivity contribution in [3.63, 3.8) is 0 Å². The summed E-state index contributed by atoms with van der Waals surface area (Å²) in [4.78, 5) is 21.6. The van der Waals surface area contributed by atoms with Crippen LogP contribution in [0.1, 0.15) is 16.1 Å². The Morgan fingerprint density at radius 3 is 2.92 bits per heavy atom. The Balaban J connectivity index is 1.75. The highest BCUT2D eigenvalue weighted by Gasteiger charge is 2.34. The first-order valence-corrected chi connectivity index (χ1v) is 7.47. The normalized spacial score (nSPS) is 20.2. The van der Waals surface area contributed by atoms with Gasteiger partial charge in [-0.05, 0) is 18.2 Å². The van der Waals surface area contributed by atoms with E-state index in [4.69, 9.17) is 10.5 Å². The minimum absolute atomic E-state index is 0.0170. The predicted octanol–water partition coefficient (Wildman–Crippen LogP) is 0.882. The van der Waals surface area contributed by atoms with E-state index in [0.717, 1.165) is 0 Å². The van der Waals surface area contributed by atoms with Gasteiger partial charge in [0.15, 0.2) is 0 Å². The van der Waals surface area contributed by atoms with Crippen molar-refractivity contribution in [3.8, 4) is 11.6 Å². The lowest BCUT2D eigenvalue weighted by Gasteiger charge is -2.15. The fraction of sp³-hybridized carbons (Fsp3) is 0.312. The number of carbonyl (C=O) groups is 1. The third-order valence-electron chi connectivity index (χ3n) is 3.72. The summed E-state index contributed by atoms with van der Waals surface area (Å²) < 4.78 is 19.0. The molecule has 2 aromatic rings. The maximum Gasteiger partial charge on any atom is 0.254 e. The molecule has 1 aliphatic heterocycles. The zero-order chi connectivity index (χ0) is 17.1. The molecule has 0 bridgehead atoms. The number of hydrogen-bond acceptors (Lipinski definition) is 6. The SMILES string of the molecule is NCc1cc(Oc2cccc(C(=O)N3C[C@H](O)[C@@H](F)C3)c2)ncn1. The summed E-state index contributed by atoms with van der Waals surface area (Å²) in [5.74, 6) is 0.375. The van der Waals surface area contributed by atoms with Crippen molar-refractivity contribution in [3.05, 3.63) is 47.9 Å². The van der Waals surface area contributed by atoms with Crippen molar-refractivity contribution in [1.29, 1.82) is 0 Å². The molecule has 1 saturated heterocycles. The molecular formula is C16H17FN4O3. The molecule has 126 valence electrons. The minimum atomic E-state index is -1.41. The number of aliphatic hydroxyl groups is 1. The zero-order valence-electron chi connectivity index (χ0n) is 12.8. The number of aliphatic hydroxyl groups excluding tert-OH is 1. The van der Waals surface area contributed by atoms with Crippen molar-refractivity contribution in [2.45, 2.75) is 18.8 Å². The Bertz CT molecular complexity index is 733. The molecular weight excluding hydrogens is 315 g/mol. The lowest BCUT2D eigenvalue weighted by Crippen LogP contribution is -2.29. The van der Waals surface area contributed by atoms with E-state index in [9.17, 15) is 14.3 Å². The zero-order valence-corrected chi connectivity index (χ0v) is 12.8. The number of carbonyl (C=O) groups excluding carboxylic acids is 1. The van der Waals surface area contributed by atoms with Crippen LogP contribution in [0.3, 0.4) is 0 Å². The van der Waals surface area contributed by atoms with E-state index in [2.05, 4.69) is 9.97 Å². The minimum Gasteiger partial charge on any atom is -0.439 e. The first-order valence-electron chi connectivity index (χ1n) is 7.47. The lowest BCUT2D eigenvalue weighted by molar-refractivity contribution is 0.0764. The first-order chi connectivity index (χ1) is 11.6. The average molecular weight is 332 g/mol. The van der Waals surface area contributed by atoms with Gasteiger partial charge in [-0.15, -0.1) is 0 Å². The number of nitrogens with zero attached hydrogens (tertiary/aromatic N) is 3. The van der Waals surface area contributed by atoms with Crippen molar-refractivity contribution >= 4 is 5.91 Å². The number of amides is 1. The van der Waals surface area contributed by atoms with Gasteiger partial charge in [-0.1, -0.05) is 6.07 Å². The summed E-state index contributed by atoms with van der Waals surface area (Å²) in [7, 11) is 0. The molecule has 3 rings (SSSR count). The molecule has 1 aliphatic rings. The smallest absolute Gasteiger partial charge is 0.254 e. The first kappa shape index (κ1) is 16.3. The van der Waals surface area contributed by atoms with Crippen molar-refractivity contribution in [2.24, 2.45) is 5.73 Å². The van der Waals surface area contributed by atoms with Gasteiger partial charge in [0, 0.05) is 24.7 Å². The van der Waals surface area contributed by atoms with Gasteiger partial charge in [0.25, 0.3) is 5.91 Å². The van der Waals surface area contributed by atoms with E-state index in [1.165, 1.54) is 11.2 Å². The standard InChI is InChI=1S/C16H17FN4O3/c17-13-7-21(8-14(13)22)16(23)10-2-1-3-12(4-10)24-15-5-11(6-18)19-9-20-15/h1-5,9,13-14,22H,6-8,18H2/t13-,14-/m0/s1. The van der Waals surface area contributed by atoms with Crippen LogP contribution < -0.4 is 10.5 Å². The highest BCUT2D eigenvalue weighted by Crippen LogP contribution is 2.23. The summed E-state index contributed by atoms with van der Waals surface area (Å²) in [5, 5.41) is 9.44. The quantitative estimate of drug-likeness (QED) is 0.862. The van der Waals surface area contributed by atoms with Crippen LogP contribution in [-0.2, 0) is 6.54 Å². The van der Waals surface area contributed by atoms with Crippen molar-refractivity contribution < 1.29 is 19.0 Å². The van der Waals surface area contributed by atoms with E-state index in [1.54, 1.807) is 30.3 Å². The highest BCUT2D eigenvalue weighted by molar-refractivity contribution is 5.94. The van der Waals surface area contributed by atoms with E-state index in [1.807, 2.05) is 0 Å². The summed E-state index contributed by atoms with van der Waals surface area (Å²) in [6.45, 7) is 0.132. The number of nitrogens with two attached hydrogens (primary N) is 1. The lowest BCUT2D eigenvalue weighted by atomic mass is 10.2. The molecule has 2 heterocycles. The Labute approximate surface area is 137 Å². The third kappa shape index (κ3) is 3.50. The Kier molecular flexibility index (Phi) is 4.68. The number of likely N-dealkylation sites (tertiary alicyclic amines) is 1. The van der Waals surface area contributed by atoms with Crippen LogP contribution in [0.2, 0.25) is 0 Å². The van der Waals surface area contributed by atoms with Crippen LogP contribution >= 0.6 is 0 Å². The number of benzene rings is 1. The van der Waals surface area contributed by atoms with Crippen LogP contribution in [0, 0.1) is 0 Å². The van der Waals surface area contributed by atoms with Crippen LogP contribution in [0.25, 0.3) is 0 Å². The van der Waals surface area contributed by atoms with Crippen LogP contribution in [0.4, 0.5) is 4.39 Å². The average Bonchev–Trinajstić information content (AvgIpc) is 2.93. The van der Waals surface area contributed by atoms with Crippen molar-refractivity contribution in [2.75, 3.05) is 13.1 Å². The number of rotatable bonds is 4. The van der Waals surface area contributed by atoms with Crippen LogP contribution in [0.15, 0.2) is 36.7 Å². The van der Waals surface area contributed by atoms with E-state index < -0.39 is 12.3 Å². The Morgan fingerprint density at radius 2 is 2.21 bits per heavy atom. The van der Waals surface area contributed by atoms with Crippen LogP contribution in [0.5, 0.6) is 11.6 Å². The maximum atomic E-state index is 13.4.